The van der Waals surface area contributed by atoms with Crippen molar-refractivity contribution in [3.05, 3.63) is 190 Å². The van der Waals surface area contributed by atoms with Crippen molar-refractivity contribution in [2.45, 2.75) is 98.7 Å². The second-order valence-corrected chi connectivity index (χ2v) is 27.3. The normalized spacial score (nSPS) is 20.0. The second-order valence-electron chi connectivity index (χ2n) is 22.8. The predicted octanol–water partition coefficient (Wildman–Crippen LogP) is 11.0. The number of morpholine rings is 2. The number of anilines is 2. The molecule has 88 heavy (non-hydrogen) atoms. The number of benzene rings is 6. The molecule has 2 N–H and O–H groups in total. The Morgan fingerprint density at radius 2 is 0.795 bits per heavy atom. The molecule has 10 rings (SSSR count). The van der Waals surface area contributed by atoms with Gasteiger partial charge in [-0.3, -0.25) is 19.4 Å². The van der Waals surface area contributed by atoms with Crippen LogP contribution in [0, 0.1) is 0 Å². The quantitative estimate of drug-likeness (QED) is 0.0786. The van der Waals surface area contributed by atoms with Gasteiger partial charge in [0.1, 0.15) is 0 Å². The number of amides is 2. The van der Waals surface area contributed by atoms with Crippen molar-refractivity contribution in [3.63, 3.8) is 0 Å². The predicted molar refractivity (Wildman–Crippen MR) is 327 cm³/mol. The van der Waals surface area contributed by atoms with E-state index in [0.717, 1.165) is 123 Å². The Kier molecular flexibility index (Phi) is 21.8. The maximum absolute atomic E-state index is 13.1. The number of sulfone groups is 2. The molecule has 4 fully saturated rings. The summed E-state index contributed by atoms with van der Waals surface area (Å²) in [4.78, 5) is 35.8. The summed E-state index contributed by atoms with van der Waals surface area (Å²) in [5, 5.41) is 5.78. The third kappa shape index (κ3) is 17.3. The number of carbonyl (C=O) groups excluding carboxylic acids is 2. The van der Waals surface area contributed by atoms with Crippen LogP contribution in [0.1, 0.15) is 105 Å². The van der Waals surface area contributed by atoms with E-state index in [4.69, 9.17) is 9.47 Å². The van der Waals surface area contributed by atoms with Crippen molar-refractivity contribution in [2.24, 2.45) is 0 Å². The first-order chi connectivity index (χ1) is 42.1. The molecule has 0 saturated carbocycles. The Bertz CT molecular complexity index is 3240. The number of ether oxygens (including phenoxy) is 2. The topological polar surface area (TPSA) is 158 Å². The van der Waals surface area contributed by atoms with Gasteiger partial charge in [0.2, 0.25) is 0 Å². The molecule has 4 aliphatic rings. The number of carbonyl (C=O) groups is 2. The SMILES string of the molecule is CCS(=O)(=O)c1ccc(CNC(=O)c2ccc(N3C[C@@H](c4ccc(C(F)(F)F)cc4)CC[C@H]3CN3CCOCC3)cc2)cc1.CCS(=O)(=O)c1ccc(CNC(=O)c2ccc(N3C[C@H](c4ccc(C(F)(F)F)cc4)CC[C@H]3CN3CCOCC3)cc2)cc1. The van der Waals surface area contributed by atoms with Crippen molar-refractivity contribution >= 4 is 42.9 Å². The number of nitrogens with one attached hydrogen (secondary N) is 2. The van der Waals surface area contributed by atoms with E-state index in [1.54, 1.807) is 111 Å². The zero-order valence-electron chi connectivity index (χ0n) is 49.4. The molecule has 14 nitrogen and oxygen atoms in total. The minimum atomic E-state index is -4.36. The highest BCUT2D eigenvalue weighted by Gasteiger charge is 2.36. The van der Waals surface area contributed by atoms with Gasteiger partial charge in [-0.15, -0.1) is 0 Å². The molecule has 0 radical (unpaired) electrons. The standard InChI is InChI=1S/2C33H38F3N3O4S/c2*1-2-44(41,42)31-15-3-24(4-16-31)21-37-32(40)26-7-12-29(13-8-26)39-22-27(25-5-10-28(11-6-25)33(34,35)36)9-14-30(39)23-38-17-19-43-20-18-38/h2*3-8,10-13,15-16,27,30H,2,9,14,17-23H2,1H3,(H,37,40)/t27-,30+;27-,30-/m10/s1. The molecule has 6 aromatic carbocycles. The molecular formula is C66H76F6N6O8S2. The molecule has 22 heteroatoms. The molecular weight excluding hydrogens is 1180 g/mol. The van der Waals surface area contributed by atoms with Gasteiger partial charge in [0, 0.05) is 112 Å². The molecule has 0 aliphatic carbocycles. The summed E-state index contributed by atoms with van der Waals surface area (Å²) in [5.74, 6) is -0.263. The average Bonchev–Trinajstić information content (AvgIpc) is 3.00. The fourth-order valence-corrected chi connectivity index (χ4v) is 13.6. The monoisotopic (exact) mass is 1260 g/mol. The van der Waals surface area contributed by atoms with Gasteiger partial charge in [-0.25, -0.2) is 16.8 Å². The van der Waals surface area contributed by atoms with Gasteiger partial charge < -0.3 is 29.9 Å². The van der Waals surface area contributed by atoms with E-state index in [2.05, 4.69) is 30.2 Å². The molecule has 0 aromatic heterocycles. The Morgan fingerprint density at radius 1 is 0.466 bits per heavy atom. The first kappa shape index (κ1) is 65.6. The van der Waals surface area contributed by atoms with Crippen molar-refractivity contribution in [3.8, 4) is 0 Å². The van der Waals surface area contributed by atoms with Crippen LogP contribution in [0.15, 0.2) is 155 Å². The van der Waals surface area contributed by atoms with E-state index in [1.807, 2.05) is 24.3 Å². The van der Waals surface area contributed by atoms with Gasteiger partial charge >= 0.3 is 12.4 Å². The number of piperidine rings is 2. The number of hydrogen-bond acceptors (Lipinski definition) is 12. The van der Waals surface area contributed by atoms with Gasteiger partial charge in [0.25, 0.3) is 11.8 Å². The largest absolute Gasteiger partial charge is 0.416 e. The summed E-state index contributed by atoms with van der Waals surface area (Å²) < 4.78 is 138. The van der Waals surface area contributed by atoms with E-state index in [0.29, 0.717) is 50.6 Å². The maximum Gasteiger partial charge on any atom is 0.416 e. The zero-order chi connectivity index (χ0) is 62.6. The fraction of sp³-hybridized carbons (Fsp3) is 0.424. The highest BCUT2D eigenvalue weighted by atomic mass is 32.2. The van der Waals surface area contributed by atoms with Crippen LogP contribution in [-0.4, -0.2) is 141 Å². The lowest BCUT2D eigenvalue weighted by Gasteiger charge is -2.44. The van der Waals surface area contributed by atoms with Crippen LogP contribution in [-0.2, 0) is 54.6 Å². The molecule has 6 aromatic rings. The molecule has 4 aliphatic heterocycles. The summed E-state index contributed by atoms with van der Waals surface area (Å²) in [7, 11) is -6.56. The van der Waals surface area contributed by atoms with E-state index >= 15 is 0 Å². The minimum Gasteiger partial charge on any atom is -0.379 e. The third-order valence-corrected chi connectivity index (χ3v) is 20.6. The van der Waals surface area contributed by atoms with Gasteiger partial charge in [-0.2, -0.15) is 26.3 Å². The van der Waals surface area contributed by atoms with Crippen molar-refractivity contribution in [2.75, 3.05) is 100 Å². The lowest BCUT2D eigenvalue weighted by Crippen LogP contribution is -2.51. The van der Waals surface area contributed by atoms with Crippen molar-refractivity contribution in [1.82, 2.24) is 20.4 Å². The molecule has 4 saturated heterocycles. The first-order valence-electron chi connectivity index (χ1n) is 29.9. The lowest BCUT2D eigenvalue weighted by molar-refractivity contribution is -0.138. The molecule has 2 amide bonds. The Balaban J connectivity index is 0.000000209. The van der Waals surface area contributed by atoms with Gasteiger partial charge in [-0.1, -0.05) is 62.4 Å². The molecule has 0 unspecified atom stereocenters. The number of halogens is 6. The molecule has 0 spiro atoms. The summed E-state index contributed by atoms with van der Waals surface area (Å²) in [5.41, 5.74) is 5.00. The smallest absolute Gasteiger partial charge is 0.379 e. The van der Waals surface area contributed by atoms with E-state index in [9.17, 15) is 52.8 Å². The Morgan fingerprint density at radius 3 is 1.10 bits per heavy atom. The van der Waals surface area contributed by atoms with Crippen LogP contribution in [0.4, 0.5) is 37.7 Å². The Labute approximate surface area is 512 Å². The van der Waals surface area contributed by atoms with Gasteiger partial charge in [0.15, 0.2) is 19.7 Å². The first-order valence-corrected chi connectivity index (χ1v) is 33.2. The van der Waals surface area contributed by atoms with E-state index in [1.165, 1.54) is 0 Å². The number of rotatable bonds is 18. The van der Waals surface area contributed by atoms with Crippen LogP contribution in [0.2, 0.25) is 0 Å². The van der Waals surface area contributed by atoms with E-state index in [-0.39, 0.29) is 70.1 Å². The van der Waals surface area contributed by atoms with Crippen molar-refractivity contribution < 1.29 is 62.2 Å². The van der Waals surface area contributed by atoms with Crippen LogP contribution in [0.3, 0.4) is 0 Å². The van der Waals surface area contributed by atoms with Crippen LogP contribution in [0.5, 0.6) is 0 Å². The summed E-state index contributed by atoms with van der Waals surface area (Å²) in [6.45, 7) is 13.0. The van der Waals surface area contributed by atoms with Crippen molar-refractivity contribution in [1.29, 1.82) is 0 Å². The number of nitrogens with zero attached hydrogens (tertiary/aromatic N) is 4. The summed E-state index contributed by atoms with van der Waals surface area (Å²) >= 11 is 0. The lowest BCUT2D eigenvalue weighted by atomic mass is 9.86. The number of hydrogen-bond donors (Lipinski definition) is 2. The summed E-state index contributed by atoms with van der Waals surface area (Å²) in [6.07, 6.45) is -5.19. The van der Waals surface area contributed by atoms with Gasteiger partial charge in [-0.05, 0) is 145 Å². The molecule has 4 heterocycles. The third-order valence-electron chi connectivity index (χ3n) is 17.1. The van der Waals surface area contributed by atoms with Crippen LogP contribution in [0.25, 0.3) is 0 Å². The average molecular weight is 1260 g/mol. The van der Waals surface area contributed by atoms with Crippen LogP contribution >= 0.6 is 0 Å². The summed E-state index contributed by atoms with van der Waals surface area (Å²) in [6, 6.07) is 39.3. The second kappa shape index (κ2) is 29.2. The highest BCUT2D eigenvalue weighted by Crippen LogP contribution is 2.38. The number of alkyl halides is 6. The highest BCUT2D eigenvalue weighted by molar-refractivity contribution is 7.91. The van der Waals surface area contributed by atoms with E-state index < -0.39 is 43.2 Å². The fourth-order valence-electron chi connectivity index (χ4n) is 11.8. The Hall–Kier alpha value is -6.82. The molecule has 472 valence electrons. The molecule has 4 atom stereocenters. The maximum atomic E-state index is 13.1. The minimum absolute atomic E-state index is 0.0280. The molecule has 0 bridgehead atoms. The van der Waals surface area contributed by atoms with Crippen LogP contribution < -0.4 is 20.4 Å². The zero-order valence-corrected chi connectivity index (χ0v) is 51.1. The van der Waals surface area contributed by atoms with Gasteiger partial charge in [0.05, 0.1) is 58.9 Å².